The highest BCUT2D eigenvalue weighted by molar-refractivity contribution is 5.81. The Morgan fingerprint density at radius 3 is 2.37 bits per heavy atom. The third-order valence-electron chi connectivity index (χ3n) is 3.43. The molecule has 0 saturated carbocycles. The molecule has 0 aliphatic carbocycles. The van der Waals surface area contributed by atoms with Crippen molar-refractivity contribution in [1.29, 1.82) is 0 Å². The van der Waals surface area contributed by atoms with Crippen LogP contribution in [0.15, 0.2) is 0 Å². The van der Waals surface area contributed by atoms with Gasteiger partial charge in [0.1, 0.15) is 0 Å². The summed E-state index contributed by atoms with van der Waals surface area (Å²) >= 11 is 0. The molecule has 0 aromatic rings. The molecule has 1 saturated heterocycles. The zero-order valence-corrected chi connectivity index (χ0v) is 12.2. The first-order valence-electron chi connectivity index (χ1n) is 7.03. The molecule has 1 heterocycles. The van der Waals surface area contributed by atoms with E-state index in [0.717, 1.165) is 26.1 Å². The van der Waals surface area contributed by atoms with E-state index in [1.807, 2.05) is 18.7 Å². The summed E-state index contributed by atoms with van der Waals surface area (Å²) in [5.41, 5.74) is 0. The molecule has 0 bridgehead atoms. The van der Waals surface area contributed by atoms with Gasteiger partial charge in [0.15, 0.2) is 0 Å². The number of hydrogen-bond acceptors (Lipinski definition) is 4. The minimum absolute atomic E-state index is 0.0743. The molecule has 19 heavy (non-hydrogen) atoms. The Hall–Kier alpha value is -1.14. The van der Waals surface area contributed by atoms with E-state index in [1.165, 1.54) is 0 Å². The van der Waals surface area contributed by atoms with E-state index < -0.39 is 0 Å². The third kappa shape index (κ3) is 5.16. The average Bonchev–Trinajstić information content (AvgIpc) is 2.44. The first-order valence-corrected chi connectivity index (χ1v) is 7.03. The Labute approximate surface area is 115 Å². The molecule has 1 aliphatic heterocycles. The molecule has 1 unspecified atom stereocenters. The Morgan fingerprint density at radius 1 is 1.21 bits per heavy atom. The number of carbonyl (C=O) groups excluding carboxylic acids is 2. The van der Waals surface area contributed by atoms with E-state index in [1.54, 1.807) is 7.05 Å². The molecule has 6 heteroatoms. The van der Waals surface area contributed by atoms with Gasteiger partial charge in [0.2, 0.25) is 11.8 Å². The molecular weight excluding hydrogens is 244 g/mol. The fraction of sp³-hybridized carbons (Fsp3) is 0.846. The van der Waals surface area contributed by atoms with E-state index in [9.17, 15) is 9.59 Å². The maximum atomic E-state index is 12.0. The quantitative estimate of drug-likeness (QED) is 0.667. The first kappa shape index (κ1) is 15.9. The number of piperazine rings is 1. The molecular formula is C13H26N4O2. The predicted octanol–water partition coefficient (Wildman–Crippen LogP) is -0.735. The van der Waals surface area contributed by atoms with Crippen molar-refractivity contribution in [1.82, 2.24) is 20.4 Å². The Morgan fingerprint density at radius 2 is 1.84 bits per heavy atom. The zero-order chi connectivity index (χ0) is 14.3. The van der Waals surface area contributed by atoms with Crippen LogP contribution in [0.2, 0.25) is 0 Å². The van der Waals surface area contributed by atoms with Crippen LogP contribution in [-0.4, -0.2) is 74.0 Å². The van der Waals surface area contributed by atoms with Crippen molar-refractivity contribution in [2.45, 2.75) is 26.3 Å². The monoisotopic (exact) mass is 270 g/mol. The van der Waals surface area contributed by atoms with Crippen molar-refractivity contribution >= 4 is 11.8 Å². The van der Waals surface area contributed by atoms with Crippen LogP contribution in [0.3, 0.4) is 0 Å². The first-order chi connectivity index (χ1) is 9.08. The molecule has 0 spiro atoms. The van der Waals surface area contributed by atoms with E-state index in [-0.39, 0.29) is 17.9 Å². The van der Waals surface area contributed by atoms with E-state index in [2.05, 4.69) is 15.5 Å². The zero-order valence-electron chi connectivity index (χ0n) is 12.2. The highest BCUT2D eigenvalue weighted by atomic mass is 16.2. The van der Waals surface area contributed by atoms with Gasteiger partial charge in [-0.2, -0.15) is 0 Å². The lowest BCUT2D eigenvalue weighted by atomic mass is 10.2. The molecule has 1 rings (SSSR count). The highest BCUT2D eigenvalue weighted by Gasteiger charge is 2.24. The summed E-state index contributed by atoms with van der Waals surface area (Å²) < 4.78 is 0. The van der Waals surface area contributed by atoms with Gasteiger partial charge >= 0.3 is 0 Å². The molecule has 110 valence electrons. The summed E-state index contributed by atoms with van der Waals surface area (Å²) in [6, 6.07) is -0.139. The van der Waals surface area contributed by atoms with Gasteiger partial charge in [-0.15, -0.1) is 0 Å². The molecule has 0 aromatic heterocycles. The fourth-order valence-corrected chi connectivity index (χ4v) is 2.05. The lowest BCUT2D eigenvalue weighted by Crippen LogP contribution is -2.54. The van der Waals surface area contributed by atoms with E-state index in [4.69, 9.17) is 0 Å². The van der Waals surface area contributed by atoms with E-state index >= 15 is 0 Å². The van der Waals surface area contributed by atoms with Crippen molar-refractivity contribution in [3.8, 4) is 0 Å². The second-order valence-electron chi connectivity index (χ2n) is 4.96. The molecule has 0 aromatic carbocycles. The normalized spacial score (nSPS) is 18.2. The SMILES string of the molecule is CCCNC(=O)CN1CCN(C(=O)C(C)NC)CC1. The van der Waals surface area contributed by atoms with Crippen LogP contribution in [0.5, 0.6) is 0 Å². The molecule has 6 nitrogen and oxygen atoms in total. The van der Waals surface area contributed by atoms with Crippen LogP contribution < -0.4 is 10.6 Å². The lowest BCUT2D eigenvalue weighted by molar-refractivity contribution is -0.134. The van der Waals surface area contributed by atoms with Gasteiger partial charge in [0.25, 0.3) is 0 Å². The largest absolute Gasteiger partial charge is 0.355 e. The van der Waals surface area contributed by atoms with Gasteiger partial charge in [-0.1, -0.05) is 6.92 Å². The van der Waals surface area contributed by atoms with Gasteiger partial charge in [0.05, 0.1) is 12.6 Å². The summed E-state index contributed by atoms with van der Waals surface area (Å²) in [4.78, 5) is 27.5. The fourth-order valence-electron chi connectivity index (χ4n) is 2.05. The number of amides is 2. The summed E-state index contributed by atoms with van der Waals surface area (Å²) in [6.45, 7) is 8.00. The van der Waals surface area contributed by atoms with Crippen molar-refractivity contribution in [2.24, 2.45) is 0 Å². The number of carbonyl (C=O) groups is 2. The number of rotatable bonds is 6. The maximum Gasteiger partial charge on any atom is 0.239 e. The number of hydrogen-bond donors (Lipinski definition) is 2. The molecule has 1 aliphatic rings. The smallest absolute Gasteiger partial charge is 0.239 e. The molecule has 0 radical (unpaired) electrons. The second-order valence-corrected chi connectivity index (χ2v) is 4.96. The Bertz CT molecular complexity index is 301. The van der Waals surface area contributed by atoms with Crippen LogP contribution in [0.25, 0.3) is 0 Å². The van der Waals surface area contributed by atoms with Gasteiger partial charge in [-0.3, -0.25) is 14.5 Å². The predicted molar refractivity (Wildman–Crippen MR) is 74.8 cm³/mol. The van der Waals surface area contributed by atoms with Crippen LogP contribution in [0.1, 0.15) is 20.3 Å². The standard InChI is InChI=1S/C13H26N4O2/c1-4-5-15-12(18)10-16-6-8-17(9-7-16)13(19)11(2)14-3/h11,14H,4-10H2,1-3H3,(H,15,18). The molecule has 2 N–H and O–H groups in total. The maximum absolute atomic E-state index is 12.0. The summed E-state index contributed by atoms with van der Waals surface area (Å²) in [5, 5.41) is 5.83. The average molecular weight is 270 g/mol. The molecule has 2 amide bonds. The topological polar surface area (TPSA) is 64.7 Å². The van der Waals surface area contributed by atoms with Gasteiger partial charge in [-0.25, -0.2) is 0 Å². The van der Waals surface area contributed by atoms with Crippen molar-refractivity contribution in [3.63, 3.8) is 0 Å². The van der Waals surface area contributed by atoms with Crippen molar-refractivity contribution in [3.05, 3.63) is 0 Å². The van der Waals surface area contributed by atoms with Crippen LogP contribution in [0.4, 0.5) is 0 Å². The summed E-state index contributed by atoms with van der Waals surface area (Å²) in [6.07, 6.45) is 0.954. The van der Waals surface area contributed by atoms with E-state index in [0.29, 0.717) is 19.6 Å². The Balaban J connectivity index is 2.29. The number of nitrogens with one attached hydrogen (secondary N) is 2. The van der Waals surface area contributed by atoms with Crippen molar-refractivity contribution < 1.29 is 9.59 Å². The Kier molecular flexibility index (Phi) is 6.80. The summed E-state index contributed by atoms with van der Waals surface area (Å²) in [5.74, 6) is 0.211. The molecule has 1 atom stereocenters. The van der Waals surface area contributed by atoms with Crippen LogP contribution in [0, 0.1) is 0 Å². The lowest BCUT2D eigenvalue weighted by Gasteiger charge is -2.35. The third-order valence-corrected chi connectivity index (χ3v) is 3.43. The highest BCUT2D eigenvalue weighted by Crippen LogP contribution is 2.03. The number of nitrogens with zero attached hydrogens (tertiary/aromatic N) is 2. The second kappa shape index (κ2) is 8.12. The van der Waals surface area contributed by atoms with Gasteiger partial charge in [-0.05, 0) is 20.4 Å². The van der Waals surface area contributed by atoms with Gasteiger partial charge < -0.3 is 15.5 Å². The minimum atomic E-state index is -0.139. The molecule has 1 fully saturated rings. The van der Waals surface area contributed by atoms with Gasteiger partial charge in [0, 0.05) is 32.7 Å². The number of likely N-dealkylation sites (N-methyl/N-ethyl adjacent to an activating group) is 1. The van der Waals surface area contributed by atoms with Crippen LogP contribution in [-0.2, 0) is 9.59 Å². The summed E-state index contributed by atoms with van der Waals surface area (Å²) in [7, 11) is 1.79. The van der Waals surface area contributed by atoms with Crippen molar-refractivity contribution in [2.75, 3.05) is 46.3 Å². The minimum Gasteiger partial charge on any atom is -0.355 e. The van der Waals surface area contributed by atoms with Crippen LogP contribution >= 0.6 is 0 Å².